The third-order valence-electron chi connectivity index (χ3n) is 5.18. The van der Waals surface area contributed by atoms with Crippen LogP contribution < -0.4 is 10.1 Å². The Morgan fingerprint density at radius 2 is 1.79 bits per heavy atom. The Labute approximate surface area is 190 Å². The Balaban J connectivity index is 1.42. The molecule has 2 N–H and O–H groups in total. The molecule has 0 saturated heterocycles. The summed E-state index contributed by atoms with van der Waals surface area (Å²) in [6.45, 7) is 2.03. The standard InChI is InChI=1S/C25H21N7O/c1-16-8-9-18(24-30-23(31-32-24)17-5-3-7-20(13-17)33-2)14-22(16)29-25-27-12-10-21(28-25)19-6-4-11-26-15-19/h3-15H,1-2H3,(H,27,28,29)(H,30,31,32). The minimum Gasteiger partial charge on any atom is -0.497 e. The lowest BCUT2D eigenvalue weighted by atomic mass is 10.1. The van der Waals surface area contributed by atoms with Gasteiger partial charge in [-0.2, -0.15) is 5.10 Å². The number of anilines is 2. The number of hydrogen-bond donors (Lipinski definition) is 2. The Morgan fingerprint density at radius 1 is 0.879 bits per heavy atom. The summed E-state index contributed by atoms with van der Waals surface area (Å²) in [4.78, 5) is 17.8. The molecular formula is C25H21N7O. The van der Waals surface area contributed by atoms with Crippen molar-refractivity contribution in [3.05, 3.63) is 84.8 Å². The van der Waals surface area contributed by atoms with Crippen LogP contribution in [-0.2, 0) is 0 Å². The fraction of sp³-hybridized carbons (Fsp3) is 0.0800. The van der Waals surface area contributed by atoms with E-state index in [1.807, 2.05) is 67.6 Å². The first-order valence-corrected chi connectivity index (χ1v) is 10.4. The molecule has 0 aliphatic carbocycles. The van der Waals surface area contributed by atoms with Crippen LogP contribution in [-0.4, -0.2) is 37.2 Å². The largest absolute Gasteiger partial charge is 0.497 e. The maximum absolute atomic E-state index is 5.30. The van der Waals surface area contributed by atoms with Gasteiger partial charge >= 0.3 is 0 Å². The fourth-order valence-corrected chi connectivity index (χ4v) is 3.40. The van der Waals surface area contributed by atoms with Crippen molar-refractivity contribution in [3.63, 3.8) is 0 Å². The third-order valence-corrected chi connectivity index (χ3v) is 5.18. The molecule has 5 rings (SSSR count). The van der Waals surface area contributed by atoms with E-state index < -0.39 is 0 Å². The van der Waals surface area contributed by atoms with Crippen LogP contribution in [0.2, 0.25) is 0 Å². The van der Waals surface area contributed by atoms with E-state index in [1.165, 1.54) is 0 Å². The molecule has 33 heavy (non-hydrogen) atoms. The van der Waals surface area contributed by atoms with Crippen LogP contribution in [0.5, 0.6) is 5.75 Å². The van der Waals surface area contributed by atoms with Gasteiger partial charge in [0.2, 0.25) is 5.95 Å². The summed E-state index contributed by atoms with van der Waals surface area (Å²) in [5.41, 5.74) is 5.45. The second kappa shape index (κ2) is 8.88. The Hall–Kier alpha value is -4.59. The van der Waals surface area contributed by atoms with Crippen molar-refractivity contribution in [2.45, 2.75) is 6.92 Å². The molecule has 0 amide bonds. The lowest BCUT2D eigenvalue weighted by Crippen LogP contribution is -2.00. The van der Waals surface area contributed by atoms with Crippen molar-refractivity contribution in [2.24, 2.45) is 0 Å². The number of rotatable bonds is 6. The van der Waals surface area contributed by atoms with Gasteiger partial charge in [-0.15, -0.1) is 0 Å². The molecule has 0 saturated carbocycles. The first-order valence-electron chi connectivity index (χ1n) is 10.4. The number of aromatic nitrogens is 6. The average molecular weight is 435 g/mol. The zero-order valence-corrected chi connectivity index (χ0v) is 18.1. The van der Waals surface area contributed by atoms with Crippen LogP contribution in [0.1, 0.15) is 5.56 Å². The highest BCUT2D eigenvalue weighted by Crippen LogP contribution is 2.28. The van der Waals surface area contributed by atoms with Gasteiger partial charge in [0.05, 0.1) is 12.8 Å². The summed E-state index contributed by atoms with van der Waals surface area (Å²) in [6, 6.07) is 19.4. The Bertz CT molecular complexity index is 1400. The average Bonchev–Trinajstić information content (AvgIpc) is 3.37. The molecule has 0 unspecified atom stereocenters. The van der Waals surface area contributed by atoms with E-state index in [2.05, 4.69) is 35.5 Å². The van der Waals surface area contributed by atoms with Crippen molar-refractivity contribution in [3.8, 4) is 39.8 Å². The molecule has 0 spiro atoms. The highest BCUT2D eigenvalue weighted by Gasteiger charge is 2.11. The van der Waals surface area contributed by atoms with Crippen LogP contribution in [0, 0.1) is 6.92 Å². The van der Waals surface area contributed by atoms with E-state index in [4.69, 9.17) is 4.74 Å². The number of pyridine rings is 1. The Morgan fingerprint density at radius 3 is 2.64 bits per heavy atom. The molecule has 0 radical (unpaired) electrons. The summed E-state index contributed by atoms with van der Waals surface area (Å²) in [5, 5.41) is 10.7. The van der Waals surface area contributed by atoms with Gasteiger partial charge in [-0.25, -0.2) is 15.0 Å². The van der Waals surface area contributed by atoms with Crippen LogP contribution in [0.4, 0.5) is 11.6 Å². The van der Waals surface area contributed by atoms with Gasteiger partial charge in [-0.05, 0) is 48.9 Å². The molecule has 0 bridgehead atoms. The van der Waals surface area contributed by atoms with E-state index in [-0.39, 0.29) is 0 Å². The summed E-state index contributed by atoms with van der Waals surface area (Å²) in [6.07, 6.45) is 5.25. The molecule has 5 aromatic rings. The van der Waals surface area contributed by atoms with Gasteiger partial charge < -0.3 is 10.1 Å². The first kappa shape index (κ1) is 20.3. The molecule has 0 aliphatic rings. The molecular weight excluding hydrogens is 414 g/mol. The molecule has 162 valence electrons. The van der Waals surface area contributed by atoms with Gasteiger partial charge in [-0.1, -0.05) is 24.3 Å². The number of benzene rings is 2. The number of aryl methyl sites for hydroxylation is 1. The van der Waals surface area contributed by atoms with Crippen LogP contribution in [0.25, 0.3) is 34.0 Å². The smallest absolute Gasteiger partial charge is 0.227 e. The van der Waals surface area contributed by atoms with E-state index in [0.717, 1.165) is 39.4 Å². The SMILES string of the molecule is COc1cccc(-c2n[nH]c(-c3ccc(C)c(Nc4nccc(-c5cccnc5)n4)c3)n2)c1. The molecule has 0 aliphatic heterocycles. The molecule has 8 heteroatoms. The molecule has 0 atom stereocenters. The number of hydrogen-bond acceptors (Lipinski definition) is 7. The zero-order chi connectivity index (χ0) is 22.6. The normalized spacial score (nSPS) is 10.7. The van der Waals surface area contributed by atoms with Crippen LogP contribution in [0.3, 0.4) is 0 Å². The molecule has 3 aromatic heterocycles. The second-order valence-electron chi connectivity index (χ2n) is 7.40. The summed E-state index contributed by atoms with van der Waals surface area (Å²) >= 11 is 0. The van der Waals surface area contributed by atoms with Gasteiger partial charge in [0.1, 0.15) is 5.75 Å². The highest BCUT2D eigenvalue weighted by atomic mass is 16.5. The summed E-state index contributed by atoms with van der Waals surface area (Å²) in [7, 11) is 1.64. The molecule has 3 heterocycles. The Kier molecular flexibility index (Phi) is 5.47. The fourth-order valence-electron chi connectivity index (χ4n) is 3.40. The number of nitrogens with one attached hydrogen (secondary N) is 2. The monoisotopic (exact) mass is 435 g/mol. The predicted molar refractivity (Wildman–Crippen MR) is 127 cm³/mol. The molecule has 8 nitrogen and oxygen atoms in total. The van der Waals surface area contributed by atoms with Crippen molar-refractivity contribution < 1.29 is 4.74 Å². The van der Waals surface area contributed by atoms with Crippen molar-refractivity contribution in [2.75, 3.05) is 12.4 Å². The van der Waals surface area contributed by atoms with Gasteiger partial charge in [0.25, 0.3) is 0 Å². The van der Waals surface area contributed by atoms with E-state index >= 15 is 0 Å². The molecule has 2 aromatic carbocycles. The van der Waals surface area contributed by atoms with Gasteiger partial charge in [-0.3, -0.25) is 10.1 Å². The minimum atomic E-state index is 0.506. The third kappa shape index (κ3) is 4.40. The quantitative estimate of drug-likeness (QED) is 0.385. The van der Waals surface area contributed by atoms with Crippen molar-refractivity contribution >= 4 is 11.6 Å². The lowest BCUT2D eigenvalue weighted by Gasteiger charge is -2.10. The summed E-state index contributed by atoms with van der Waals surface area (Å²) in [5.74, 6) is 2.54. The van der Waals surface area contributed by atoms with Crippen LogP contribution >= 0.6 is 0 Å². The maximum Gasteiger partial charge on any atom is 0.227 e. The molecule has 0 fully saturated rings. The van der Waals surface area contributed by atoms with Gasteiger partial charge in [0.15, 0.2) is 11.6 Å². The van der Waals surface area contributed by atoms with E-state index in [9.17, 15) is 0 Å². The minimum absolute atomic E-state index is 0.506. The van der Waals surface area contributed by atoms with Crippen molar-refractivity contribution in [1.29, 1.82) is 0 Å². The second-order valence-corrected chi connectivity index (χ2v) is 7.40. The number of H-pyrrole nitrogens is 1. The number of ether oxygens (including phenoxy) is 1. The predicted octanol–water partition coefficient (Wildman–Crippen LogP) is 5.05. The number of methoxy groups -OCH3 is 1. The van der Waals surface area contributed by atoms with Crippen LogP contribution in [0.15, 0.2) is 79.3 Å². The zero-order valence-electron chi connectivity index (χ0n) is 18.1. The van der Waals surface area contributed by atoms with E-state index in [1.54, 1.807) is 25.7 Å². The number of aromatic amines is 1. The van der Waals surface area contributed by atoms with E-state index in [0.29, 0.717) is 17.6 Å². The first-order chi connectivity index (χ1) is 16.2. The van der Waals surface area contributed by atoms with Gasteiger partial charge in [0, 0.05) is 41.0 Å². The highest BCUT2D eigenvalue weighted by molar-refractivity contribution is 5.70. The maximum atomic E-state index is 5.30. The summed E-state index contributed by atoms with van der Waals surface area (Å²) < 4.78 is 5.30. The number of nitrogens with zero attached hydrogens (tertiary/aromatic N) is 5. The topological polar surface area (TPSA) is 102 Å². The van der Waals surface area contributed by atoms with Crippen molar-refractivity contribution in [1.82, 2.24) is 30.1 Å². The lowest BCUT2D eigenvalue weighted by molar-refractivity contribution is 0.415.